The molecule has 3 aromatic rings. The van der Waals surface area contributed by atoms with Crippen LogP contribution in [0.4, 0.5) is 14.9 Å². The molecule has 6 nitrogen and oxygen atoms in total. The normalized spacial score (nSPS) is 19.7. The second-order valence-corrected chi connectivity index (χ2v) is 8.51. The third-order valence-electron chi connectivity index (χ3n) is 6.37. The van der Waals surface area contributed by atoms with Gasteiger partial charge in [0.1, 0.15) is 11.9 Å². The van der Waals surface area contributed by atoms with E-state index in [1.54, 1.807) is 21.6 Å². The molecule has 5 rings (SSSR count). The zero-order chi connectivity index (χ0) is 22.2. The van der Waals surface area contributed by atoms with Crippen LogP contribution in [0.25, 0.3) is 10.9 Å². The Bertz CT molecular complexity index is 1220. The molecule has 2 aliphatic heterocycles. The van der Waals surface area contributed by atoms with E-state index in [4.69, 9.17) is 4.74 Å². The first-order valence-corrected chi connectivity index (χ1v) is 11.2. The van der Waals surface area contributed by atoms with E-state index in [9.17, 15) is 14.0 Å². The zero-order valence-electron chi connectivity index (χ0n) is 18.0. The summed E-state index contributed by atoms with van der Waals surface area (Å²) in [7, 11) is 0. The third kappa shape index (κ3) is 3.66. The van der Waals surface area contributed by atoms with Crippen LogP contribution in [0.15, 0.2) is 53.3 Å². The Labute approximate surface area is 185 Å². The van der Waals surface area contributed by atoms with Crippen LogP contribution < -0.4 is 15.8 Å². The number of benzene rings is 2. The van der Waals surface area contributed by atoms with Gasteiger partial charge in [-0.15, -0.1) is 0 Å². The van der Waals surface area contributed by atoms with E-state index >= 15 is 0 Å². The molecule has 2 atom stereocenters. The Morgan fingerprint density at radius 3 is 2.62 bits per heavy atom. The fraction of sp³-hybridized carbons (Fsp3) is 0.360. The number of halogens is 1. The standard InChI is InChI=1S/C25H26FN3O3/c1-2-3-16-4-8-18(9-5-16)28-14-19(32-25(28)31)12-13-27-21-15-29-22(30)11-7-17-6-10-20(26)23(21)24(17)29/h4-11,19,21,27H,2-3,12-15H2,1H3/t19-,21-/m1/s1. The topological polar surface area (TPSA) is 63.6 Å². The third-order valence-corrected chi connectivity index (χ3v) is 6.37. The minimum atomic E-state index is -0.339. The lowest BCUT2D eigenvalue weighted by atomic mass is 10.1. The van der Waals surface area contributed by atoms with Gasteiger partial charge in [-0.25, -0.2) is 9.18 Å². The van der Waals surface area contributed by atoms with E-state index < -0.39 is 0 Å². The van der Waals surface area contributed by atoms with Crippen molar-refractivity contribution in [2.45, 2.75) is 44.9 Å². The van der Waals surface area contributed by atoms with Crippen LogP contribution in [0.3, 0.4) is 0 Å². The van der Waals surface area contributed by atoms with E-state index in [-0.39, 0.29) is 29.6 Å². The van der Waals surface area contributed by atoms with Crippen LogP contribution >= 0.6 is 0 Å². The van der Waals surface area contributed by atoms with E-state index in [1.807, 2.05) is 12.1 Å². The summed E-state index contributed by atoms with van der Waals surface area (Å²) in [6, 6.07) is 14.2. The van der Waals surface area contributed by atoms with Crippen LogP contribution in [-0.2, 0) is 17.7 Å². The fourth-order valence-corrected chi connectivity index (χ4v) is 4.78. The number of cyclic esters (lactones) is 1. The van der Waals surface area contributed by atoms with E-state index in [0.717, 1.165) is 23.9 Å². The maximum Gasteiger partial charge on any atom is 0.414 e. The van der Waals surface area contributed by atoms with Crippen LogP contribution in [0, 0.1) is 5.82 Å². The lowest BCUT2D eigenvalue weighted by molar-refractivity contribution is 0.136. The Kier molecular flexibility index (Phi) is 5.43. The van der Waals surface area contributed by atoms with Crippen LogP contribution in [-0.4, -0.2) is 29.9 Å². The monoisotopic (exact) mass is 435 g/mol. The number of rotatable bonds is 7. The molecule has 0 saturated carbocycles. The number of nitrogens with zero attached hydrogens (tertiary/aromatic N) is 2. The molecule has 166 valence electrons. The minimum absolute atomic E-state index is 0.126. The molecule has 1 amide bonds. The molecule has 0 spiro atoms. The van der Waals surface area contributed by atoms with Gasteiger partial charge in [0.2, 0.25) is 0 Å². The van der Waals surface area contributed by atoms with Crippen molar-refractivity contribution >= 4 is 22.7 Å². The molecule has 2 aliphatic rings. The molecule has 0 unspecified atom stereocenters. The summed E-state index contributed by atoms with van der Waals surface area (Å²) in [4.78, 5) is 26.3. The first-order chi connectivity index (χ1) is 15.5. The molecular weight excluding hydrogens is 409 g/mol. The predicted molar refractivity (Wildman–Crippen MR) is 122 cm³/mol. The summed E-state index contributed by atoms with van der Waals surface area (Å²) >= 11 is 0. The highest BCUT2D eigenvalue weighted by Gasteiger charge is 2.33. The first kappa shape index (κ1) is 20.7. The molecule has 1 aromatic heterocycles. The average Bonchev–Trinajstić information content (AvgIpc) is 3.36. The van der Waals surface area contributed by atoms with Gasteiger partial charge in [0.25, 0.3) is 5.56 Å². The van der Waals surface area contributed by atoms with Crippen LogP contribution in [0.1, 0.15) is 36.9 Å². The van der Waals surface area contributed by atoms with Gasteiger partial charge >= 0.3 is 6.09 Å². The van der Waals surface area contributed by atoms with E-state index in [2.05, 4.69) is 24.4 Å². The smallest absolute Gasteiger partial charge is 0.414 e. The van der Waals surface area contributed by atoms with Crippen LogP contribution in [0.5, 0.6) is 0 Å². The van der Waals surface area contributed by atoms with Gasteiger partial charge in [-0.3, -0.25) is 9.69 Å². The minimum Gasteiger partial charge on any atom is -0.444 e. The van der Waals surface area contributed by atoms with Crippen molar-refractivity contribution in [3.8, 4) is 0 Å². The Morgan fingerprint density at radius 1 is 1.06 bits per heavy atom. The lowest BCUT2D eigenvalue weighted by Gasteiger charge is -2.16. The number of aromatic nitrogens is 1. The van der Waals surface area contributed by atoms with Crippen LogP contribution in [0.2, 0.25) is 0 Å². The second kappa shape index (κ2) is 8.39. The quantitative estimate of drug-likeness (QED) is 0.606. The van der Waals surface area contributed by atoms with E-state index in [1.165, 1.54) is 17.7 Å². The Balaban J connectivity index is 1.22. The number of pyridine rings is 1. The molecule has 0 bridgehead atoms. The van der Waals surface area contributed by atoms with Crippen molar-refractivity contribution in [1.82, 2.24) is 9.88 Å². The molecular formula is C25H26FN3O3. The summed E-state index contributed by atoms with van der Waals surface area (Å²) in [6.45, 7) is 3.57. The molecule has 32 heavy (non-hydrogen) atoms. The van der Waals surface area contributed by atoms with Crippen molar-refractivity contribution in [2.75, 3.05) is 18.0 Å². The molecule has 1 N–H and O–H groups in total. The van der Waals surface area contributed by atoms with Gasteiger partial charge in [-0.2, -0.15) is 0 Å². The highest BCUT2D eigenvalue weighted by molar-refractivity contribution is 5.89. The molecule has 0 aliphatic carbocycles. The van der Waals surface area contributed by atoms with Crippen molar-refractivity contribution in [3.63, 3.8) is 0 Å². The maximum atomic E-state index is 14.6. The van der Waals surface area contributed by atoms with Gasteiger partial charge in [0.05, 0.1) is 18.1 Å². The predicted octanol–water partition coefficient (Wildman–Crippen LogP) is 4.15. The number of carbonyl (C=O) groups excluding carboxylic acids is 1. The fourth-order valence-electron chi connectivity index (χ4n) is 4.78. The number of hydrogen-bond donors (Lipinski definition) is 1. The van der Waals surface area contributed by atoms with Gasteiger partial charge in [-0.05, 0) is 60.7 Å². The molecule has 2 aromatic carbocycles. The summed E-state index contributed by atoms with van der Waals surface area (Å²) < 4.78 is 21.8. The summed E-state index contributed by atoms with van der Waals surface area (Å²) in [5.41, 5.74) is 3.17. The number of ether oxygens (including phenoxy) is 1. The summed E-state index contributed by atoms with van der Waals surface area (Å²) in [6.07, 6.45) is 2.13. The average molecular weight is 435 g/mol. The second-order valence-electron chi connectivity index (χ2n) is 8.51. The van der Waals surface area contributed by atoms with Gasteiger partial charge in [0.15, 0.2) is 0 Å². The summed E-state index contributed by atoms with van der Waals surface area (Å²) in [5, 5.41) is 4.22. The van der Waals surface area contributed by atoms with Crippen molar-refractivity contribution in [2.24, 2.45) is 0 Å². The molecule has 3 heterocycles. The number of hydrogen-bond acceptors (Lipinski definition) is 4. The number of amides is 1. The Morgan fingerprint density at radius 2 is 1.84 bits per heavy atom. The molecule has 1 saturated heterocycles. The van der Waals surface area contributed by atoms with Gasteiger partial charge < -0.3 is 14.6 Å². The first-order valence-electron chi connectivity index (χ1n) is 11.2. The van der Waals surface area contributed by atoms with Crippen molar-refractivity contribution < 1.29 is 13.9 Å². The van der Waals surface area contributed by atoms with Crippen molar-refractivity contribution in [1.29, 1.82) is 0 Å². The van der Waals surface area contributed by atoms with Gasteiger partial charge in [0, 0.05) is 23.9 Å². The van der Waals surface area contributed by atoms with E-state index in [0.29, 0.717) is 37.1 Å². The molecule has 7 heteroatoms. The largest absolute Gasteiger partial charge is 0.444 e. The van der Waals surface area contributed by atoms with Crippen molar-refractivity contribution in [3.05, 3.63) is 75.8 Å². The zero-order valence-corrected chi connectivity index (χ0v) is 18.0. The number of anilines is 1. The number of carbonyl (C=O) groups is 1. The van der Waals surface area contributed by atoms with Gasteiger partial charge in [-0.1, -0.05) is 25.5 Å². The molecule has 0 radical (unpaired) electrons. The SMILES string of the molecule is CCCc1ccc(N2C[C@@H](CCN[C@@H]3Cn4c(=O)ccc5ccc(F)c3c54)OC2=O)cc1. The molecule has 1 fully saturated rings. The maximum absolute atomic E-state index is 14.6. The highest BCUT2D eigenvalue weighted by atomic mass is 19.1. The summed E-state index contributed by atoms with van der Waals surface area (Å²) in [5.74, 6) is -0.308. The number of aryl methyl sites for hydroxylation is 1. The highest BCUT2D eigenvalue weighted by Crippen LogP contribution is 2.33. The lowest BCUT2D eigenvalue weighted by Crippen LogP contribution is -2.29. The number of nitrogens with one attached hydrogen (secondary N) is 1. The Hall–Kier alpha value is -3.19.